The van der Waals surface area contributed by atoms with Crippen LogP contribution in [0.3, 0.4) is 0 Å². The van der Waals surface area contributed by atoms with Crippen molar-refractivity contribution in [2.75, 3.05) is 13.1 Å². The zero-order valence-electron chi connectivity index (χ0n) is 10.6. The molecule has 1 aliphatic carbocycles. The number of hydrogen-bond acceptors (Lipinski definition) is 3. The van der Waals surface area contributed by atoms with Crippen molar-refractivity contribution in [3.05, 3.63) is 0 Å². The first-order valence-electron chi connectivity index (χ1n) is 6.33. The highest BCUT2D eigenvalue weighted by molar-refractivity contribution is 5.85. The quantitative estimate of drug-likeness (QED) is 0.629. The third-order valence-corrected chi connectivity index (χ3v) is 3.20. The van der Waals surface area contributed by atoms with Gasteiger partial charge in [0.25, 0.3) is 0 Å². The highest BCUT2D eigenvalue weighted by Crippen LogP contribution is 2.31. The van der Waals surface area contributed by atoms with Gasteiger partial charge < -0.3 is 15.7 Å². The van der Waals surface area contributed by atoms with E-state index in [9.17, 15) is 14.4 Å². The summed E-state index contributed by atoms with van der Waals surface area (Å²) in [6.07, 6.45) is 2.17. The number of carboxylic acid groups (broad SMARTS) is 1. The molecule has 0 bridgehead atoms. The molecule has 102 valence electrons. The average Bonchev–Trinajstić information content (AvgIpc) is 2.78. The molecule has 1 saturated carbocycles. The van der Waals surface area contributed by atoms with E-state index >= 15 is 0 Å². The first-order chi connectivity index (χ1) is 8.56. The average molecular weight is 256 g/mol. The first kappa shape index (κ1) is 14.5. The minimum absolute atomic E-state index is 0.112. The van der Waals surface area contributed by atoms with Gasteiger partial charge in [0.05, 0.1) is 11.8 Å². The Morgan fingerprint density at radius 1 is 1.17 bits per heavy atom. The van der Waals surface area contributed by atoms with Crippen molar-refractivity contribution in [2.45, 2.75) is 32.6 Å². The molecule has 18 heavy (non-hydrogen) atoms. The van der Waals surface area contributed by atoms with Crippen molar-refractivity contribution >= 4 is 17.8 Å². The molecule has 1 rings (SSSR count). The van der Waals surface area contributed by atoms with Gasteiger partial charge in [0.1, 0.15) is 0 Å². The fourth-order valence-corrected chi connectivity index (χ4v) is 2.29. The maximum atomic E-state index is 11.8. The normalized spacial score (nSPS) is 22.5. The van der Waals surface area contributed by atoms with Gasteiger partial charge in [0.15, 0.2) is 0 Å². The maximum Gasteiger partial charge on any atom is 0.307 e. The Hall–Kier alpha value is -1.59. The minimum Gasteiger partial charge on any atom is -0.481 e. The first-order valence-corrected chi connectivity index (χ1v) is 6.33. The predicted octanol–water partition coefficient (Wildman–Crippen LogP) is 0.130. The Kier molecular flexibility index (Phi) is 5.61. The number of aliphatic carboxylic acids is 1. The summed E-state index contributed by atoms with van der Waals surface area (Å²) in [5.74, 6) is -2.29. The van der Waals surface area contributed by atoms with Crippen molar-refractivity contribution < 1.29 is 19.5 Å². The van der Waals surface area contributed by atoms with Gasteiger partial charge >= 0.3 is 5.97 Å². The lowest BCUT2D eigenvalue weighted by Gasteiger charge is -2.15. The van der Waals surface area contributed by atoms with Crippen molar-refractivity contribution in [3.63, 3.8) is 0 Å². The van der Waals surface area contributed by atoms with Crippen LogP contribution in [0.25, 0.3) is 0 Å². The van der Waals surface area contributed by atoms with Crippen LogP contribution in [0.4, 0.5) is 0 Å². The van der Waals surface area contributed by atoms with E-state index in [1.807, 2.05) is 6.92 Å². The summed E-state index contributed by atoms with van der Waals surface area (Å²) in [7, 11) is 0. The topological polar surface area (TPSA) is 95.5 Å². The third kappa shape index (κ3) is 4.01. The summed E-state index contributed by atoms with van der Waals surface area (Å²) in [5, 5.41) is 14.2. The standard InChI is InChI=1S/C12H20N2O4/c1-2-13-10(15)6-7-14-11(16)8-4-3-5-9(8)12(17)18/h8-9H,2-7H2,1H3,(H,13,15)(H,14,16)(H,17,18). The Balaban J connectivity index is 2.32. The molecule has 0 aromatic carbocycles. The van der Waals surface area contributed by atoms with Crippen LogP contribution in [0.1, 0.15) is 32.6 Å². The fourth-order valence-electron chi connectivity index (χ4n) is 2.29. The second kappa shape index (κ2) is 6.98. The molecule has 0 heterocycles. The van der Waals surface area contributed by atoms with Crippen LogP contribution in [-0.2, 0) is 14.4 Å². The number of nitrogens with one attached hydrogen (secondary N) is 2. The van der Waals surface area contributed by atoms with E-state index in [1.54, 1.807) is 0 Å². The molecule has 1 fully saturated rings. The van der Waals surface area contributed by atoms with Crippen molar-refractivity contribution in [2.24, 2.45) is 11.8 Å². The van der Waals surface area contributed by atoms with E-state index in [0.717, 1.165) is 6.42 Å². The zero-order chi connectivity index (χ0) is 13.5. The van der Waals surface area contributed by atoms with E-state index < -0.39 is 17.8 Å². The molecule has 6 nitrogen and oxygen atoms in total. The summed E-state index contributed by atoms with van der Waals surface area (Å²) in [5.41, 5.74) is 0. The number of rotatable bonds is 6. The summed E-state index contributed by atoms with van der Waals surface area (Å²) in [4.78, 5) is 33.9. The largest absolute Gasteiger partial charge is 0.481 e. The monoisotopic (exact) mass is 256 g/mol. The number of carbonyl (C=O) groups is 3. The molecule has 2 amide bonds. The highest BCUT2D eigenvalue weighted by Gasteiger charge is 2.37. The number of amides is 2. The van der Waals surface area contributed by atoms with Crippen LogP contribution in [0.5, 0.6) is 0 Å². The van der Waals surface area contributed by atoms with E-state index in [2.05, 4.69) is 10.6 Å². The van der Waals surface area contributed by atoms with E-state index in [-0.39, 0.29) is 24.8 Å². The highest BCUT2D eigenvalue weighted by atomic mass is 16.4. The molecule has 2 unspecified atom stereocenters. The Morgan fingerprint density at radius 3 is 2.44 bits per heavy atom. The van der Waals surface area contributed by atoms with Crippen LogP contribution < -0.4 is 10.6 Å². The van der Waals surface area contributed by atoms with Crippen molar-refractivity contribution in [3.8, 4) is 0 Å². The summed E-state index contributed by atoms with van der Waals surface area (Å²) in [6, 6.07) is 0. The van der Waals surface area contributed by atoms with E-state index in [4.69, 9.17) is 5.11 Å². The SMILES string of the molecule is CCNC(=O)CCNC(=O)C1CCCC1C(=O)O. The molecule has 0 aliphatic heterocycles. The maximum absolute atomic E-state index is 11.8. The molecule has 0 radical (unpaired) electrons. The summed E-state index contributed by atoms with van der Waals surface area (Å²) >= 11 is 0. The van der Waals surface area contributed by atoms with E-state index in [1.165, 1.54) is 0 Å². The zero-order valence-corrected chi connectivity index (χ0v) is 10.6. The smallest absolute Gasteiger partial charge is 0.307 e. The van der Waals surface area contributed by atoms with Gasteiger partial charge in [0.2, 0.25) is 11.8 Å². The van der Waals surface area contributed by atoms with Crippen LogP contribution in [0.2, 0.25) is 0 Å². The second-order valence-electron chi connectivity index (χ2n) is 4.48. The molecule has 3 N–H and O–H groups in total. The van der Waals surface area contributed by atoms with Crippen LogP contribution in [-0.4, -0.2) is 36.0 Å². The molecular weight excluding hydrogens is 236 g/mol. The Labute approximate surface area is 106 Å². The van der Waals surface area contributed by atoms with Gasteiger partial charge in [0, 0.05) is 19.5 Å². The number of carboxylic acids is 1. The van der Waals surface area contributed by atoms with Gasteiger partial charge in [-0.15, -0.1) is 0 Å². The van der Waals surface area contributed by atoms with Gasteiger partial charge in [-0.25, -0.2) is 0 Å². The molecule has 0 saturated heterocycles. The van der Waals surface area contributed by atoms with Crippen LogP contribution in [0, 0.1) is 11.8 Å². The Bertz CT molecular complexity index is 330. The molecule has 1 aliphatic rings. The lowest BCUT2D eigenvalue weighted by molar-refractivity contribution is -0.146. The predicted molar refractivity (Wildman–Crippen MR) is 64.8 cm³/mol. The number of hydrogen-bond donors (Lipinski definition) is 3. The molecule has 0 spiro atoms. The van der Waals surface area contributed by atoms with Crippen LogP contribution in [0.15, 0.2) is 0 Å². The third-order valence-electron chi connectivity index (χ3n) is 3.20. The van der Waals surface area contributed by atoms with Gasteiger partial charge in [-0.3, -0.25) is 14.4 Å². The number of carbonyl (C=O) groups excluding carboxylic acids is 2. The molecule has 2 atom stereocenters. The lowest BCUT2D eigenvalue weighted by atomic mass is 9.95. The van der Waals surface area contributed by atoms with E-state index in [0.29, 0.717) is 19.4 Å². The molecular formula is C12H20N2O4. The lowest BCUT2D eigenvalue weighted by Crippen LogP contribution is -2.37. The molecule has 0 aromatic heterocycles. The molecule has 6 heteroatoms. The minimum atomic E-state index is -0.906. The van der Waals surface area contributed by atoms with Crippen molar-refractivity contribution in [1.82, 2.24) is 10.6 Å². The van der Waals surface area contributed by atoms with Gasteiger partial charge in [-0.1, -0.05) is 6.42 Å². The Morgan fingerprint density at radius 2 is 1.83 bits per heavy atom. The summed E-state index contributed by atoms with van der Waals surface area (Å²) < 4.78 is 0. The van der Waals surface area contributed by atoms with Gasteiger partial charge in [-0.2, -0.15) is 0 Å². The second-order valence-corrected chi connectivity index (χ2v) is 4.48. The van der Waals surface area contributed by atoms with Gasteiger partial charge in [-0.05, 0) is 19.8 Å². The van der Waals surface area contributed by atoms with Crippen LogP contribution >= 0.6 is 0 Å². The summed E-state index contributed by atoms with van der Waals surface area (Å²) in [6.45, 7) is 2.65. The molecule has 0 aromatic rings. The van der Waals surface area contributed by atoms with Crippen molar-refractivity contribution in [1.29, 1.82) is 0 Å². The fraction of sp³-hybridized carbons (Fsp3) is 0.750.